The van der Waals surface area contributed by atoms with E-state index >= 15 is 8.78 Å². The molecule has 5 heterocycles. The first-order chi connectivity index (χ1) is 20.2. The monoisotopic (exact) mass is 574 g/mol. The minimum atomic E-state index is -0.637. The van der Waals surface area contributed by atoms with E-state index in [1.807, 2.05) is 18.3 Å². The van der Waals surface area contributed by atoms with Crippen LogP contribution in [0, 0.1) is 17.0 Å². The average Bonchev–Trinajstić information content (AvgIpc) is 3.32. The van der Waals surface area contributed by atoms with Gasteiger partial charge in [0.25, 0.3) is 0 Å². The lowest BCUT2D eigenvalue weighted by atomic mass is 9.72. The normalized spacial score (nSPS) is 20.1. The fourth-order valence-electron chi connectivity index (χ4n) is 6.91. The van der Waals surface area contributed by atoms with Crippen molar-refractivity contribution < 1.29 is 8.78 Å². The fourth-order valence-corrected chi connectivity index (χ4v) is 6.91. The summed E-state index contributed by atoms with van der Waals surface area (Å²) in [7, 11) is 0. The smallest absolute Gasteiger partial charge is 0.229 e. The Bertz CT molecular complexity index is 1440. The van der Waals surface area contributed by atoms with Crippen LogP contribution in [0.15, 0.2) is 41.7 Å². The minimum absolute atomic E-state index is 0.00775. The summed E-state index contributed by atoms with van der Waals surface area (Å²) in [5, 5.41) is 3.08. The first-order valence-corrected chi connectivity index (χ1v) is 15.0. The molecule has 0 aliphatic carbocycles. The molecule has 3 aromatic rings. The van der Waals surface area contributed by atoms with Crippen LogP contribution < -0.4 is 10.2 Å². The van der Waals surface area contributed by atoms with Gasteiger partial charge in [0.15, 0.2) is 11.6 Å². The number of nitrogens with zero attached hydrogens (tertiary/aromatic N) is 7. The van der Waals surface area contributed by atoms with Crippen molar-refractivity contribution in [2.45, 2.75) is 58.5 Å². The number of aliphatic imine (C=N–C) groups is 1. The van der Waals surface area contributed by atoms with Crippen molar-refractivity contribution in [1.82, 2.24) is 24.8 Å². The van der Waals surface area contributed by atoms with Crippen LogP contribution in [0.25, 0.3) is 11.3 Å². The summed E-state index contributed by atoms with van der Waals surface area (Å²) in [5.74, 6) is -0.462. The lowest BCUT2D eigenvalue weighted by Gasteiger charge is -2.54. The summed E-state index contributed by atoms with van der Waals surface area (Å²) >= 11 is 0. The molecule has 0 unspecified atom stereocenters. The second-order valence-corrected chi connectivity index (χ2v) is 12.7. The van der Waals surface area contributed by atoms with Gasteiger partial charge in [0, 0.05) is 43.5 Å². The first-order valence-electron chi connectivity index (χ1n) is 15.0. The van der Waals surface area contributed by atoms with Gasteiger partial charge in [-0.1, -0.05) is 13.0 Å². The summed E-state index contributed by atoms with van der Waals surface area (Å²) in [6, 6.07) is 6.93. The van der Waals surface area contributed by atoms with Gasteiger partial charge in [0.2, 0.25) is 5.95 Å². The highest BCUT2D eigenvalue weighted by molar-refractivity contribution is 5.78. The minimum Gasteiger partial charge on any atom is -0.365 e. The van der Waals surface area contributed by atoms with Gasteiger partial charge in [-0.15, -0.1) is 0 Å². The molecule has 0 saturated carbocycles. The zero-order valence-corrected chi connectivity index (χ0v) is 24.8. The maximum Gasteiger partial charge on any atom is 0.229 e. The van der Waals surface area contributed by atoms with Crippen molar-refractivity contribution in [3.63, 3.8) is 0 Å². The molecule has 6 rings (SSSR count). The van der Waals surface area contributed by atoms with E-state index in [-0.39, 0.29) is 22.9 Å². The highest BCUT2D eigenvalue weighted by atomic mass is 19.1. The molecule has 3 aliphatic heterocycles. The fraction of sp³-hybridized carbons (Fsp3) is 0.500. The van der Waals surface area contributed by atoms with E-state index in [4.69, 9.17) is 0 Å². The van der Waals surface area contributed by atoms with E-state index in [0.29, 0.717) is 22.5 Å². The van der Waals surface area contributed by atoms with Crippen LogP contribution >= 0.6 is 0 Å². The van der Waals surface area contributed by atoms with Gasteiger partial charge in [-0.3, -0.25) is 9.89 Å². The highest BCUT2D eigenvalue weighted by Gasteiger charge is 2.44. The number of aromatic nitrogens is 3. The zero-order valence-electron chi connectivity index (χ0n) is 24.8. The molecule has 42 heavy (non-hydrogen) atoms. The largest absolute Gasteiger partial charge is 0.365 e. The lowest BCUT2D eigenvalue weighted by molar-refractivity contribution is -0.0502. The number of benzene rings is 1. The SMILES string of the molecule is C=Nc1c(F)cc(-c2nc(Nc3ccc(CN4CC5(CCN(CC)CC5)C4)cn3)ncc2F)cc1N1CCCC1(C)C. The maximum atomic E-state index is 15.2. The number of rotatable bonds is 8. The number of nitrogens with one attached hydrogen (secondary N) is 1. The number of piperidine rings is 1. The van der Waals surface area contributed by atoms with Crippen LogP contribution in [0.3, 0.4) is 0 Å². The van der Waals surface area contributed by atoms with E-state index in [1.54, 1.807) is 6.07 Å². The Hall–Kier alpha value is -3.50. The van der Waals surface area contributed by atoms with Gasteiger partial charge >= 0.3 is 0 Å². The van der Waals surface area contributed by atoms with Crippen LogP contribution in [0.2, 0.25) is 0 Å². The number of halogens is 2. The van der Waals surface area contributed by atoms with Crippen LogP contribution in [0.1, 0.15) is 52.0 Å². The molecule has 10 heteroatoms. The standard InChI is InChI=1S/C32H40F2N8/c1-5-40-13-10-32(11-14-40)20-41(21-32)19-22-7-8-27(36-17-22)38-30-37-18-25(34)28(39-30)23-15-24(33)29(35-4)26(16-23)42-12-6-9-31(42,2)3/h7-8,15-18H,4-6,9-14,19-21H2,1-3H3,(H,36,37,38,39). The van der Waals surface area contributed by atoms with Crippen molar-refractivity contribution >= 4 is 29.9 Å². The second-order valence-electron chi connectivity index (χ2n) is 12.7. The number of hydrogen-bond acceptors (Lipinski definition) is 8. The summed E-state index contributed by atoms with van der Waals surface area (Å²) in [4.78, 5) is 24.2. The third kappa shape index (κ3) is 5.62. The molecule has 0 radical (unpaired) electrons. The van der Waals surface area contributed by atoms with Crippen molar-refractivity contribution in [3.8, 4) is 11.3 Å². The van der Waals surface area contributed by atoms with Crippen molar-refractivity contribution in [1.29, 1.82) is 0 Å². The molecule has 0 atom stereocenters. The number of pyridine rings is 1. The van der Waals surface area contributed by atoms with Gasteiger partial charge in [0.1, 0.15) is 17.2 Å². The van der Waals surface area contributed by atoms with Crippen LogP contribution in [0.4, 0.5) is 31.9 Å². The molecule has 0 amide bonds. The summed E-state index contributed by atoms with van der Waals surface area (Å²) in [5.41, 5.74) is 2.54. The van der Waals surface area contributed by atoms with Gasteiger partial charge < -0.3 is 15.1 Å². The molecule has 3 fully saturated rings. The number of likely N-dealkylation sites (tertiary alicyclic amines) is 2. The second kappa shape index (κ2) is 11.3. The predicted molar refractivity (Wildman–Crippen MR) is 164 cm³/mol. The van der Waals surface area contributed by atoms with Gasteiger partial charge in [0.05, 0.1) is 11.9 Å². The molecule has 1 aromatic carbocycles. The lowest BCUT2D eigenvalue weighted by Crippen LogP contribution is -2.59. The van der Waals surface area contributed by atoms with E-state index < -0.39 is 11.6 Å². The molecular formula is C32H40F2N8. The quantitative estimate of drug-likeness (QED) is 0.322. The number of anilines is 3. The molecule has 222 valence electrons. The molecule has 2 aromatic heterocycles. The Kier molecular flexibility index (Phi) is 7.70. The van der Waals surface area contributed by atoms with Gasteiger partial charge in [-0.05, 0) is 95.1 Å². The molecular weight excluding hydrogens is 534 g/mol. The Morgan fingerprint density at radius 1 is 0.976 bits per heavy atom. The highest BCUT2D eigenvalue weighted by Crippen LogP contribution is 2.43. The van der Waals surface area contributed by atoms with Gasteiger partial charge in [-0.2, -0.15) is 0 Å². The molecule has 3 aliphatic rings. The average molecular weight is 575 g/mol. The Morgan fingerprint density at radius 3 is 2.40 bits per heavy atom. The summed E-state index contributed by atoms with van der Waals surface area (Å²) in [6.07, 6.45) is 7.48. The molecule has 1 N–H and O–H groups in total. The topological polar surface area (TPSA) is 72.8 Å². The zero-order chi connectivity index (χ0) is 29.5. The van der Waals surface area contributed by atoms with E-state index in [2.05, 4.69) is 67.4 Å². The van der Waals surface area contributed by atoms with E-state index in [9.17, 15) is 0 Å². The maximum absolute atomic E-state index is 15.2. The van der Waals surface area contributed by atoms with Crippen LogP contribution in [-0.2, 0) is 6.54 Å². The molecule has 3 saturated heterocycles. The van der Waals surface area contributed by atoms with Crippen molar-refractivity contribution in [3.05, 3.63) is 53.9 Å². The Balaban J connectivity index is 1.14. The van der Waals surface area contributed by atoms with Gasteiger partial charge in [-0.25, -0.2) is 23.7 Å². The number of hydrogen-bond donors (Lipinski definition) is 1. The third-order valence-electron chi connectivity index (χ3n) is 9.36. The Morgan fingerprint density at radius 2 is 1.76 bits per heavy atom. The summed E-state index contributed by atoms with van der Waals surface area (Å²) in [6.45, 7) is 17.5. The van der Waals surface area contributed by atoms with Crippen molar-refractivity contribution in [2.75, 3.05) is 49.5 Å². The van der Waals surface area contributed by atoms with Crippen molar-refractivity contribution in [2.24, 2.45) is 10.4 Å². The Labute approximate surface area is 246 Å². The third-order valence-corrected chi connectivity index (χ3v) is 9.36. The summed E-state index contributed by atoms with van der Waals surface area (Å²) < 4.78 is 30.2. The first kappa shape index (κ1) is 28.6. The molecule has 1 spiro atoms. The molecule has 0 bridgehead atoms. The predicted octanol–water partition coefficient (Wildman–Crippen LogP) is 6.19. The van der Waals surface area contributed by atoms with E-state index in [0.717, 1.165) is 57.3 Å². The van der Waals surface area contributed by atoms with Crippen LogP contribution in [0.5, 0.6) is 0 Å². The van der Waals surface area contributed by atoms with E-state index in [1.165, 1.54) is 32.0 Å². The molecule has 8 nitrogen and oxygen atoms in total. The van der Waals surface area contributed by atoms with Crippen LogP contribution in [-0.4, -0.2) is 76.3 Å².